The molecule has 142 valence electrons. The summed E-state index contributed by atoms with van der Waals surface area (Å²) in [5, 5.41) is 0. The maximum atomic E-state index is 12.4. The Morgan fingerprint density at radius 3 is 2.93 bits per heavy atom. The van der Waals surface area contributed by atoms with Crippen LogP contribution in [0.1, 0.15) is 35.6 Å². The molecule has 0 saturated carbocycles. The zero-order valence-electron chi connectivity index (χ0n) is 15.4. The van der Waals surface area contributed by atoms with Crippen LogP contribution in [0, 0.1) is 12.8 Å². The zero-order chi connectivity index (χ0) is 18.7. The van der Waals surface area contributed by atoms with Crippen LogP contribution in [0.4, 0.5) is 0 Å². The second-order valence-electron chi connectivity index (χ2n) is 7.26. The third-order valence-corrected chi connectivity index (χ3v) is 5.11. The van der Waals surface area contributed by atoms with Crippen molar-refractivity contribution in [2.45, 2.75) is 31.8 Å². The number of rotatable bonds is 5. The first-order valence-corrected chi connectivity index (χ1v) is 9.25. The average Bonchev–Trinajstić information content (AvgIpc) is 2.66. The third-order valence-electron chi connectivity index (χ3n) is 5.11. The molecule has 0 N–H and O–H groups in total. The van der Waals surface area contributed by atoms with E-state index >= 15 is 0 Å². The minimum absolute atomic E-state index is 0.131. The summed E-state index contributed by atoms with van der Waals surface area (Å²) in [7, 11) is 0. The molecular weight excluding hydrogens is 346 g/mol. The van der Waals surface area contributed by atoms with E-state index in [1.807, 2.05) is 6.92 Å². The van der Waals surface area contributed by atoms with Gasteiger partial charge in [-0.1, -0.05) is 0 Å². The lowest BCUT2D eigenvalue weighted by Gasteiger charge is -2.53. The van der Waals surface area contributed by atoms with Crippen molar-refractivity contribution in [1.82, 2.24) is 24.8 Å². The molecule has 0 unspecified atom stereocenters. The van der Waals surface area contributed by atoms with E-state index in [-0.39, 0.29) is 17.3 Å². The molecule has 1 amide bonds. The van der Waals surface area contributed by atoms with E-state index < -0.39 is 0 Å². The van der Waals surface area contributed by atoms with Crippen molar-refractivity contribution in [2.75, 3.05) is 26.3 Å². The van der Waals surface area contributed by atoms with Gasteiger partial charge in [-0.2, -0.15) is 0 Å². The Kier molecular flexibility index (Phi) is 4.98. The fourth-order valence-electron chi connectivity index (χ4n) is 3.78. The molecular formula is C19H23N5O3. The number of hydrogen-bond acceptors (Lipinski definition) is 7. The number of ether oxygens (including phenoxy) is 2. The van der Waals surface area contributed by atoms with Crippen molar-refractivity contribution in [3.05, 3.63) is 42.4 Å². The van der Waals surface area contributed by atoms with Gasteiger partial charge in [0, 0.05) is 25.2 Å². The van der Waals surface area contributed by atoms with E-state index in [2.05, 4.69) is 19.9 Å². The normalized spacial score (nSPS) is 20.9. The van der Waals surface area contributed by atoms with Crippen LogP contribution >= 0.6 is 0 Å². The Morgan fingerprint density at radius 1 is 1.33 bits per heavy atom. The first kappa shape index (κ1) is 17.8. The molecule has 8 nitrogen and oxygen atoms in total. The summed E-state index contributed by atoms with van der Waals surface area (Å²) in [6, 6.07) is 1.70. The molecule has 4 heterocycles. The van der Waals surface area contributed by atoms with Crippen LogP contribution < -0.4 is 4.74 Å². The van der Waals surface area contributed by atoms with Gasteiger partial charge >= 0.3 is 0 Å². The fourth-order valence-corrected chi connectivity index (χ4v) is 3.78. The number of carbonyl (C=O) groups excluding carboxylic acids is 1. The predicted molar refractivity (Wildman–Crippen MR) is 96.2 cm³/mol. The first-order chi connectivity index (χ1) is 13.1. The molecule has 8 heteroatoms. The quantitative estimate of drug-likeness (QED) is 0.792. The van der Waals surface area contributed by atoms with Crippen LogP contribution in [0.15, 0.2) is 30.9 Å². The molecule has 2 aromatic rings. The first-order valence-electron chi connectivity index (χ1n) is 9.25. The van der Waals surface area contributed by atoms with Crippen molar-refractivity contribution in [3.63, 3.8) is 0 Å². The molecule has 4 rings (SSSR count). The van der Waals surface area contributed by atoms with E-state index in [1.54, 1.807) is 35.8 Å². The summed E-state index contributed by atoms with van der Waals surface area (Å²) < 4.78 is 11.8. The van der Waals surface area contributed by atoms with Crippen molar-refractivity contribution < 1.29 is 14.3 Å². The smallest absolute Gasteiger partial charge is 0.291 e. The van der Waals surface area contributed by atoms with E-state index in [9.17, 15) is 4.79 Å². The highest BCUT2D eigenvalue weighted by Crippen LogP contribution is 2.38. The molecule has 1 atom stereocenters. The second kappa shape index (κ2) is 7.56. The number of carbonyl (C=O) groups is 1. The lowest BCUT2D eigenvalue weighted by molar-refractivity contribution is -0.167. The van der Waals surface area contributed by atoms with Gasteiger partial charge in [0.15, 0.2) is 0 Å². The Balaban J connectivity index is 1.26. The molecule has 2 aliphatic heterocycles. The molecule has 0 aromatic carbocycles. The lowest BCUT2D eigenvalue weighted by atomic mass is 9.79. The van der Waals surface area contributed by atoms with Gasteiger partial charge in [-0.25, -0.2) is 15.0 Å². The lowest BCUT2D eigenvalue weighted by Crippen LogP contribution is -2.66. The highest BCUT2D eigenvalue weighted by Gasteiger charge is 2.49. The fraction of sp³-hybridized carbons (Fsp3) is 0.526. The van der Waals surface area contributed by atoms with Gasteiger partial charge in [-0.15, -0.1) is 0 Å². The highest BCUT2D eigenvalue weighted by molar-refractivity contribution is 5.91. The summed E-state index contributed by atoms with van der Waals surface area (Å²) in [4.78, 5) is 30.6. The molecule has 2 aromatic heterocycles. The SMILES string of the molecule is Cc1cncc(OCC[C@@H]2CCOC3(C2)CN(C(=O)c2ncccn2)C3)n1. The van der Waals surface area contributed by atoms with Crippen LogP contribution in [0.2, 0.25) is 0 Å². The van der Waals surface area contributed by atoms with Gasteiger partial charge in [0.2, 0.25) is 11.7 Å². The van der Waals surface area contributed by atoms with Crippen molar-refractivity contribution in [1.29, 1.82) is 0 Å². The highest BCUT2D eigenvalue weighted by atomic mass is 16.5. The van der Waals surface area contributed by atoms with Crippen LogP contribution in [0.3, 0.4) is 0 Å². The molecule has 2 fully saturated rings. The van der Waals surface area contributed by atoms with Gasteiger partial charge in [-0.3, -0.25) is 9.78 Å². The monoisotopic (exact) mass is 369 g/mol. The number of nitrogens with zero attached hydrogens (tertiary/aromatic N) is 5. The Labute approximate surface area is 158 Å². The number of amides is 1. The summed E-state index contributed by atoms with van der Waals surface area (Å²) in [6.45, 7) is 4.43. The van der Waals surface area contributed by atoms with Gasteiger partial charge in [-0.05, 0) is 38.2 Å². The number of likely N-dealkylation sites (tertiary alicyclic amines) is 1. The van der Waals surface area contributed by atoms with Gasteiger partial charge in [0.25, 0.3) is 5.91 Å². The molecule has 0 radical (unpaired) electrons. The predicted octanol–water partition coefficient (Wildman–Crippen LogP) is 1.67. The standard InChI is InChI=1S/C19H23N5O3/c1-14-10-20-11-16(23-14)26-7-3-15-4-8-27-19(9-15)12-24(13-19)18(25)17-21-5-2-6-22-17/h2,5-6,10-11,15H,3-4,7-9,12-13H2,1H3/t15-/m1/s1. The van der Waals surface area contributed by atoms with Crippen molar-refractivity contribution in [3.8, 4) is 5.88 Å². The Morgan fingerprint density at radius 2 is 2.15 bits per heavy atom. The summed E-state index contributed by atoms with van der Waals surface area (Å²) in [5.41, 5.74) is 0.621. The molecule has 0 aliphatic carbocycles. The van der Waals surface area contributed by atoms with Crippen LogP contribution in [-0.2, 0) is 4.74 Å². The maximum Gasteiger partial charge on any atom is 0.291 e. The van der Waals surface area contributed by atoms with Crippen LogP contribution in [0.5, 0.6) is 5.88 Å². The van der Waals surface area contributed by atoms with E-state index in [1.165, 1.54) is 0 Å². The minimum atomic E-state index is -0.226. The largest absolute Gasteiger partial charge is 0.477 e. The van der Waals surface area contributed by atoms with Gasteiger partial charge in [0.05, 0.1) is 31.6 Å². The molecule has 0 bridgehead atoms. The Bertz CT molecular complexity index is 795. The summed E-state index contributed by atoms with van der Waals surface area (Å²) in [5.74, 6) is 1.20. The molecule has 1 spiro atoms. The van der Waals surface area contributed by atoms with Crippen molar-refractivity contribution in [2.24, 2.45) is 5.92 Å². The van der Waals surface area contributed by atoms with E-state index in [0.29, 0.717) is 31.5 Å². The van der Waals surface area contributed by atoms with Crippen LogP contribution in [0.25, 0.3) is 0 Å². The van der Waals surface area contributed by atoms with E-state index in [4.69, 9.17) is 9.47 Å². The van der Waals surface area contributed by atoms with Gasteiger partial charge in [0.1, 0.15) is 5.60 Å². The minimum Gasteiger partial charge on any atom is -0.477 e. The summed E-state index contributed by atoms with van der Waals surface area (Å²) >= 11 is 0. The number of aryl methyl sites for hydroxylation is 1. The number of hydrogen-bond donors (Lipinski definition) is 0. The maximum absolute atomic E-state index is 12.4. The third kappa shape index (κ3) is 4.05. The van der Waals surface area contributed by atoms with Crippen molar-refractivity contribution >= 4 is 5.91 Å². The van der Waals surface area contributed by atoms with Gasteiger partial charge < -0.3 is 14.4 Å². The van der Waals surface area contributed by atoms with E-state index in [0.717, 1.165) is 31.6 Å². The average molecular weight is 369 g/mol. The zero-order valence-corrected chi connectivity index (χ0v) is 15.4. The topological polar surface area (TPSA) is 90.3 Å². The van der Waals surface area contributed by atoms with Crippen LogP contribution in [-0.4, -0.2) is 62.6 Å². The summed E-state index contributed by atoms with van der Waals surface area (Å²) in [6.07, 6.45) is 9.41. The number of aromatic nitrogens is 4. The molecule has 2 saturated heterocycles. The molecule has 2 aliphatic rings. The Hall–Kier alpha value is -2.61. The molecule has 27 heavy (non-hydrogen) atoms. The second-order valence-corrected chi connectivity index (χ2v) is 7.26.